The van der Waals surface area contributed by atoms with E-state index in [1.165, 1.54) is 24.3 Å². The van der Waals surface area contributed by atoms with Gasteiger partial charge in [0.1, 0.15) is 11.4 Å². The molecule has 192 valence electrons. The van der Waals surface area contributed by atoms with E-state index in [4.69, 9.17) is 4.74 Å². The fraction of sp³-hybridized carbons (Fsp3) is 0.385. The Labute approximate surface area is 207 Å². The van der Waals surface area contributed by atoms with Crippen molar-refractivity contribution in [2.45, 2.75) is 39.1 Å². The van der Waals surface area contributed by atoms with Gasteiger partial charge in [-0.05, 0) is 63.2 Å². The van der Waals surface area contributed by atoms with Gasteiger partial charge in [0.25, 0.3) is 0 Å². The molecule has 1 aromatic heterocycles. The molecule has 0 unspecified atom stereocenters. The molecule has 0 radical (unpaired) electrons. The largest absolute Gasteiger partial charge is 0.444 e. The molecule has 1 saturated heterocycles. The molecule has 0 N–H and O–H groups in total. The minimum absolute atomic E-state index is 0.340. The van der Waals surface area contributed by atoms with E-state index in [0.29, 0.717) is 55.4 Å². The van der Waals surface area contributed by atoms with Crippen LogP contribution in [0, 0.1) is 5.82 Å². The number of ether oxygens (including phenoxy) is 1. The lowest BCUT2D eigenvalue weighted by molar-refractivity contribution is -0.137. The van der Waals surface area contributed by atoms with Crippen LogP contribution < -0.4 is 0 Å². The Balaban J connectivity index is 1.54. The number of amides is 1. The van der Waals surface area contributed by atoms with Gasteiger partial charge >= 0.3 is 12.3 Å². The van der Waals surface area contributed by atoms with Crippen molar-refractivity contribution < 1.29 is 27.1 Å². The maximum absolute atomic E-state index is 13.5. The first-order valence-corrected chi connectivity index (χ1v) is 11.6. The van der Waals surface area contributed by atoms with E-state index < -0.39 is 23.2 Å². The monoisotopic (exact) mass is 504 g/mol. The molecule has 1 aliphatic rings. The molecule has 0 saturated carbocycles. The van der Waals surface area contributed by atoms with Crippen LogP contribution in [0.5, 0.6) is 0 Å². The summed E-state index contributed by atoms with van der Waals surface area (Å²) in [5.74, 6) is -0.398. The highest BCUT2D eigenvalue weighted by atomic mass is 19.4. The first kappa shape index (κ1) is 25.7. The average Bonchev–Trinajstić information content (AvgIpc) is 3.22. The highest BCUT2D eigenvalue weighted by molar-refractivity contribution is 5.68. The third-order valence-corrected chi connectivity index (χ3v) is 5.75. The van der Waals surface area contributed by atoms with Crippen LogP contribution in [0.3, 0.4) is 0 Å². The highest BCUT2D eigenvalue weighted by Crippen LogP contribution is 2.32. The zero-order valence-electron chi connectivity index (χ0n) is 20.3. The molecule has 36 heavy (non-hydrogen) atoms. The van der Waals surface area contributed by atoms with Crippen molar-refractivity contribution in [2.75, 3.05) is 26.2 Å². The molecular weight excluding hydrogens is 476 g/mol. The molecule has 2 aromatic carbocycles. The molecule has 10 heteroatoms. The molecule has 0 bridgehead atoms. The lowest BCUT2D eigenvalue weighted by atomic mass is 10.1. The standard InChI is InChI=1S/C26H28F4N4O2/c1-25(2,3)36-24(35)33-14-12-32(13-15-33)17-21-16-23(18-4-6-19(7-5-18)26(28,29)30)34(31-21)22-10-8-20(27)9-11-22/h4-11,16H,12-15,17H2,1-3H3. The van der Waals surface area contributed by atoms with Crippen molar-refractivity contribution in [3.05, 3.63) is 71.7 Å². The Morgan fingerprint density at radius 3 is 2.11 bits per heavy atom. The summed E-state index contributed by atoms with van der Waals surface area (Å²) in [6.45, 7) is 8.24. The van der Waals surface area contributed by atoms with Gasteiger partial charge in [0.05, 0.1) is 22.6 Å². The zero-order chi connectivity index (χ0) is 26.1. The van der Waals surface area contributed by atoms with Crippen molar-refractivity contribution >= 4 is 6.09 Å². The summed E-state index contributed by atoms with van der Waals surface area (Å²) in [6.07, 6.45) is -4.77. The predicted octanol–water partition coefficient (Wildman–Crippen LogP) is 5.75. The molecule has 0 aliphatic carbocycles. The van der Waals surface area contributed by atoms with E-state index in [9.17, 15) is 22.4 Å². The molecule has 3 aromatic rings. The second-order valence-corrected chi connectivity index (χ2v) is 9.73. The second kappa shape index (κ2) is 9.93. The number of nitrogens with zero attached hydrogens (tertiary/aromatic N) is 4. The minimum atomic E-state index is -4.43. The fourth-order valence-electron chi connectivity index (χ4n) is 3.97. The Bertz CT molecular complexity index is 1190. The molecule has 2 heterocycles. The summed E-state index contributed by atoms with van der Waals surface area (Å²) in [7, 11) is 0. The molecule has 6 nitrogen and oxygen atoms in total. The van der Waals surface area contributed by atoms with Crippen LogP contribution in [0.25, 0.3) is 16.9 Å². The highest BCUT2D eigenvalue weighted by Gasteiger charge is 2.30. The van der Waals surface area contributed by atoms with Gasteiger partial charge in [-0.15, -0.1) is 0 Å². The van der Waals surface area contributed by atoms with Crippen molar-refractivity contribution in [3.8, 4) is 16.9 Å². The maximum atomic E-state index is 13.5. The first-order chi connectivity index (χ1) is 16.9. The van der Waals surface area contributed by atoms with E-state index in [1.54, 1.807) is 21.7 Å². The number of hydrogen-bond donors (Lipinski definition) is 0. The van der Waals surface area contributed by atoms with E-state index in [2.05, 4.69) is 10.00 Å². The molecule has 1 amide bonds. The first-order valence-electron chi connectivity index (χ1n) is 11.6. The van der Waals surface area contributed by atoms with Crippen LogP contribution in [0.1, 0.15) is 32.0 Å². The minimum Gasteiger partial charge on any atom is -0.444 e. The van der Waals surface area contributed by atoms with E-state index in [-0.39, 0.29) is 6.09 Å². The Morgan fingerprint density at radius 1 is 0.944 bits per heavy atom. The summed E-state index contributed by atoms with van der Waals surface area (Å²) < 4.78 is 59.7. The van der Waals surface area contributed by atoms with E-state index >= 15 is 0 Å². The topological polar surface area (TPSA) is 50.6 Å². The van der Waals surface area contributed by atoms with Crippen LogP contribution in [0.15, 0.2) is 54.6 Å². The fourth-order valence-corrected chi connectivity index (χ4v) is 3.97. The van der Waals surface area contributed by atoms with Crippen LogP contribution in [0.4, 0.5) is 22.4 Å². The molecule has 0 atom stereocenters. The maximum Gasteiger partial charge on any atom is 0.416 e. The SMILES string of the molecule is CC(C)(C)OC(=O)N1CCN(Cc2cc(-c3ccc(C(F)(F)F)cc3)n(-c3ccc(F)cc3)n2)CC1. The summed E-state index contributed by atoms with van der Waals surface area (Å²) >= 11 is 0. The van der Waals surface area contributed by atoms with E-state index in [1.807, 2.05) is 26.8 Å². The van der Waals surface area contributed by atoms with Gasteiger partial charge in [0.15, 0.2) is 0 Å². The summed E-state index contributed by atoms with van der Waals surface area (Å²) in [6, 6.07) is 12.5. The lowest BCUT2D eigenvalue weighted by Crippen LogP contribution is -2.49. The van der Waals surface area contributed by atoms with Crippen molar-refractivity contribution in [3.63, 3.8) is 0 Å². The number of halogens is 4. The summed E-state index contributed by atoms with van der Waals surface area (Å²) in [4.78, 5) is 16.1. The normalized spacial score (nSPS) is 15.2. The third-order valence-electron chi connectivity index (χ3n) is 5.75. The van der Waals surface area contributed by atoms with Gasteiger partial charge in [-0.25, -0.2) is 13.9 Å². The van der Waals surface area contributed by atoms with Gasteiger partial charge in [-0.3, -0.25) is 4.90 Å². The Hall–Kier alpha value is -3.40. The number of alkyl halides is 3. The number of hydrogen-bond acceptors (Lipinski definition) is 4. The Morgan fingerprint density at radius 2 is 1.56 bits per heavy atom. The molecular formula is C26H28F4N4O2. The van der Waals surface area contributed by atoms with Gasteiger partial charge in [-0.2, -0.15) is 18.3 Å². The predicted molar refractivity (Wildman–Crippen MR) is 127 cm³/mol. The van der Waals surface area contributed by atoms with Crippen LogP contribution in [-0.4, -0.2) is 57.5 Å². The number of carbonyl (C=O) groups excluding carboxylic acids is 1. The van der Waals surface area contributed by atoms with Crippen LogP contribution in [-0.2, 0) is 17.5 Å². The zero-order valence-corrected chi connectivity index (χ0v) is 20.3. The third kappa shape index (κ3) is 6.23. The van der Waals surface area contributed by atoms with Crippen LogP contribution in [0.2, 0.25) is 0 Å². The Kier molecular flexibility index (Phi) is 7.08. The lowest BCUT2D eigenvalue weighted by Gasteiger charge is -2.35. The molecule has 0 spiro atoms. The van der Waals surface area contributed by atoms with E-state index in [0.717, 1.165) is 12.1 Å². The van der Waals surface area contributed by atoms with Gasteiger partial charge in [0, 0.05) is 38.3 Å². The summed E-state index contributed by atoms with van der Waals surface area (Å²) in [5.41, 5.74) is 1.16. The molecule has 1 fully saturated rings. The average molecular weight is 505 g/mol. The number of piperazine rings is 1. The summed E-state index contributed by atoms with van der Waals surface area (Å²) in [5, 5.41) is 4.68. The van der Waals surface area contributed by atoms with Crippen molar-refractivity contribution in [1.82, 2.24) is 19.6 Å². The van der Waals surface area contributed by atoms with Crippen molar-refractivity contribution in [2.24, 2.45) is 0 Å². The number of benzene rings is 2. The van der Waals surface area contributed by atoms with Gasteiger partial charge in [0.2, 0.25) is 0 Å². The molecule has 1 aliphatic heterocycles. The number of aromatic nitrogens is 2. The van der Waals surface area contributed by atoms with Crippen molar-refractivity contribution in [1.29, 1.82) is 0 Å². The van der Waals surface area contributed by atoms with Gasteiger partial charge in [-0.1, -0.05) is 12.1 Å². The van der Waals surface area contributed by atoms with Gasteiger partial charge < -0.3 is 9.64 Å². The number of rotatable bonds is 4. The molecule has 4 rings (SSSR count). The second-order valence-electron chi connectivity index (χ2n) is 9.73. The smallest absolute Gasteiger partial charge is 0.416 e. The van der Waals surface area contributed by atoms with Crippen LogP contribution >= 0.6 is 0 Å². The number of carbonyl (C=O) groups is 1. The quantitative estimate of drug-likeness (QED) is 0.425.